The minimum Gasteiger partial charge on any atom is -0.466 e. The third-order valence-electron chi connectivity index (χ3n) is 5.78. The second-order valence-corrected chi connectivity index (χ2v) is 8.03. The number of amides is 1. The third-order valence-corrected chi connectivity index (χ3v) is 5.78. The van der Waals surface area contributed by atoms with E-state index in [0.29, 0.717) is 23.4 Å². The summed E-state index contributed by atoms with van der Waals surface area (Å²) in [5, 5.41) is 12.9. The van der Waals surface area contributed by atoms with Crippen LogP contribution in [0.1, 0.15) is 37.7 Å². The minimum absolute atomic E-state index is 0.0286. The molecule has 0 aromatic heterocycles. The lowest BCUT2D eigenvalue weighted by molar-refractivity contribution is -0.139. The number of hydrogen-bond donors (Lipinski definition) is 2. The van der Waals surface area contributed by atoms with E-state index in [2.05, 4.69) is 11.4 Å². The largest absolute Gasteiger partial charge is 0.466 e. The maximum absolute atomic E-state index is 13.1. The van der Waals surface area contributed by atoms with E-state index in [1.54, 1.807) is 54.6 Å². The van der Waals surface area contributed by atoms with E-state index in [0.717, 1.165) is 12.8 Å². The van der Waals surface area contributed by atoms with Crippen LogP contribution in [0.2, 0.25) is 0 Å². The molecule has 1 amide bonds. The fourth-order valence-electron chi connectivity index (χ4n) is 4.04. The highest BCUT2D eigenvalue weighted by atomic mass is 16.5. The SMILES string of the molecule is CCCCC(=O)Nc1ccc(N2C(N)=C(C#N)C(c3ccccc3)C(C(=O)OC)=C2C(=O)OC)cc1. The minimum atomic E-state index is -0.939. The standard InChI is InChI=1S/C27H28N4O5/c1-4-5-11-21(32)30-18-12-14-19(15-13-18)31-24(27(34)36-3)23(26(33)35-2)22(20(16-28)25(31)29)17-9-7-6-8-10-17/h6-10,12-15,22H,4-5,11,29H2,1-3H3,(H,30,32). The Morgan fingerprint density at radius 1 is 1.03 bits per heavy atom. The molecule has 0 saturated carbocycles. The number of nitrogens with one attached hydrogen (secondary N) is 1. The van der Waals surface area contributed by atoms with Gasteiger partial charge in [-0.2, -0.15) is 5.26 Å². The Morgan fingerprint density at radius 2 is 1.67 bits per heavy atom. The van der Waals surface area contributed by atoms with Gasteiger partial charge in [-0.1, -0.05) is 43.7 Å². The smallest absolute Gasteiger partial charge is 0.355 e. The third kappa shape index (κ3) is 5.23. The molecule has 0 saturated heterocycles. The first kappa shape index (κ1) is 26.0. The number of rotatable bonds is 8. The van der Waals surface area contributed by atoms with Crippen molar-refractivity contribution in [3.63, 3.8) is 0 Å². The van der Waals surface area contributed by atoms with Crippen molar-refractivity contribution in [2.45, 2.75) is 32.1 Å². The average Bonchev–Trinajstić information content (AvgIpc) is 2.91. The normalized spacial score (nSPS) is 15.3. The Labute approximate surface area is 209 Å². The number of anilines is 2. The zero-order valence-electron chi connectivity index (χ0n) is 20.4. The molecule has 186 valence electrons. The van der Waals surface area contributed by atoms with E-state index in [4.69, 9.17) is 15.2 Å². The van der Waals surface area contributed by atoms with Crippen LogP contribution in [0.25, 0.3) is 0 Å². The molecule has 2 aromatic rings. The van der Waals surface area contributed by atoms with Gasteiger partial charge < -0.3 is 20.5 Å². The molecule has 1 aliphatic heterocycles. The predicted octanol–water partition coefficient (Wildman–Crippen LogP) is 3.71. The summed E-state index contributed by atoms with van der Waals surface area (Å²) >= 11 is 0. The number of benzene rings is 2. The molecule has 1 aliphatic rings. The molecule has 0 aliphatic carbocycles. The van der Waals surface area contributed by atoms with E-state index >= 15 is 0 Å². The summed E-state index contributed by atoms with van der Waals surface area (Å²) in [4.78, 5) is 39.5. The van der Waals surface area contributed by atoms with Gasteiger partial charge in [-0.25, -0.2) is 9.59 Å². The molecule has 2 aromatic carbocycles. The lowest BCUT2D eigenvalue weighted by Gasteiger charge is -2.35. The Kier molecular flexibility index (Phi) is 8.47. The van der Waals surface area contributed by atoms with E-state index < -0.39 is 17.9 Å². The molecule has 1 unspecified atom stereocenters. The number of carbonyl (C=O) groups excluding carboxylic acids is 3. The van der Waals surface area contributed by atoms with E-state index in [9.17, 15) is 19.6 Å². The first-order chi connectivity index (χ1) is 17.4. The van der Waals surface area contributed by atoms with Gasteiger partial charge in [0.25, 0.3) is 0 Å². The maximum atomic E-state index is 13.1. The van der Waals surface area contributed by atoms with Crippen molar-refractivity contribution in [2.75, 3.05) is 24.4 Å². The Balaban J connectivity index is 2.17. The van der Waals surface area contributed by atoms with Crippen molar-refractivity contribution in [1.82, 2.24) is 0 Å². The number of hydrogen-bond acceptors (Lipinski definition) is 8. The number of nitriles is 1. The Morgan fingerprint density at radius 3 is 2.22 bits per heavy atom. The summed E-state index contributed by atoms with van der Waals surface area (Å²) in [7, 11) is 2.38. The van der Waals surface area contributed by atoms with Crippen molar-refractivity contribution in [3.8, 4) is 6.07 Å². The highest BCUT2D eigenvalue weighted by molar-refractivity contribution is 6.06. The zero-order valence-corrected chi connectivity index (χ0v) is 20.4. The quantitative estimate of drug-likeness (QED) is 0.537. The molecule has 0 fully saturated rings. The number of esters is 2. The van der Waals surface area contributed by atoms with Gasteiger partial charge in [-0.3, -0.25) is 9.69 Å². The summed E-state index contributed by atoms with van der Waals surface area (Å²) in [6.07, 6.45) is 2.09. The highest BCUT2D eigenvalue weighted by Crippen LogP contribution is 2.43. The number of allylic oxidation sites excluding steroid dienone is 1. The highest BCUT2D eigenvalue weighted by Gasteiger charge is 2.42. The van der Waals surface area contributed by atoms with Crippen molar-refractivity contribution >= 4 is 29.2 Å². The van der Waals surface area contributed by atoms with Gasteiger partial charge in [0.1, 0.15) is 11.5 Å². The van der Waals surface area contributed by atoms with Gasteiger partial charge in [0.2, 0.25) is 5.91 Å². The molecule has 0 bridgehead atoms. The van der Waals surface area contributed by atoms with Crippen LogP contribution < -0.4 is 16.0 Å². The van der Waals surface area contributed by atoms with Crippen LogP contribution in [0.3, 0.4) is 0 Å². The number of nitrogens with zero attached hydrogens (tertiary/aromatic N) is 2. The monoisotopic (exact) mass is 488 g/mol. The lowest BCUT2D eigenvalue weighted by Crippen LogP contribution is -2.40. The van der Waals surface area contributed by atoms with Gasteiger partial charge in [0, 0.05) is 17.8 Å². The lowest BCUT2D eigenvalue weighted by atomic mass is 9.81. The molecule has 36 heavy (non-hydrogen) atoms. The van der Waals surface area contributed by atoms with Crippen LogP contribution >= 0.6 is 0 Å². The zero-order chi connectivity index (χ0) is 26.2. The first-order valence-corrected chi connectivity index (χ1v) is 11.4. The fraction of sp³-hybridized carbons (Fsp3) is 0.259. The van der Waals surface area contributed by atoms with E-state index in [1.807, 2.05) is 6.92 Å². The van der Waals surface area contributed by atoms with Gasteiger partial charge in [-0.05, 0) is 36.2 Å². The van der Waals surface area contributed by atoms with E-state index in [1.165, 1.54) is 19.1 Å². The molecule has 0 radical (unpaired) electrons. The van der Waals surface area contributed by atoms with Crippen LogP contribution in [0, 0.1) is 11.3 Å². The van der Waals surface area contributed by atoms with Gasteiger partial charge in [0.15, 0.2) is 0 Å². The second-order valence-electron chi connectivity index (χ2n) is 8.03. The number of methoxy groups -OCH3 is 2. The van der Waals surface area contributed by atoms with Crippen molar-refractivity contribution < 1.29 is 23.9 Å². The van der Waals surface area contributed by atoms with Crippen molar-refractivity contribution in [2.24, 2.45) is 5.73 Å². The molecule has 3 rings (SSSR count). The average molecular weight is 489 g/mol. The van der Waals surface area contributed by atoms with E-state index in [-0.39, 0.29) is 28.6 Å². The second kappa shape index (κ2) is 11.7. The van der Waals surface area contributed by atoms with Crippen molar-refractivity contribution in [1.29, 1.82) is 5.26 Å². The maximum Gasteiger partial charge on any atom is 0.355 e. The molecular weight excluding hydrogens is 460 g/mol. The number of carbonyl (C=O) groups is 3. The van der Waals surface area contributed by atoms with Crippen molar-refractivity contribution in [3.05, 3.63) is 82.8 Å². The summed E-state index contributed by atoms with van der Waals surface area (Å²) in [6, 6.07) is 17.4. The van der Waals surface area contributed by atoms with Crippen LogP contribution in [-0.4, -0.2) is 32.1 Å². The molecule has 0 spiro atoms. The molecular formula is C27H28N4O5. The fourth-order valence-corrected chi connectivity index (χ4v) is 4.04. The topological polar surface area (TPSA) is 135 Å². The van der Waals surface area contributed by atoms with Crippen LogP contribution in [0.15, 0.2) is 77.3 Å². The molecule has 9 nitrogen and oxygen atoms in total. The van der Waals surface area contributed by atoms with Crippen LogP contribution in [0.4, 0.5) is 11.4 Å². The van der Waals surface area contributed by atoms with Crippen LogP contribution in [0.5, 0.6) is 0 Å². The Hall–Kier alpha value is -4.58. The number of nitrogens with two attached hydrogens (primary N) is 1. The summed E-state index contributed by atoms with van der Waals surface area (Å²) in [5.41, 5.74) is 7.85. The molecule has 1 atom stereocenters. The summed E-state index contributed by atoms with van der Waals surface area (Å²) in [6.45, 7) is 2.01. The molecule has 9 heteroatoms. The summed E-state index contributed by atoms with van der Waals surface area (Å²) < 4.78 is 10.0. The predicted molar refractivity (Wildman–Crippen MR) is 134 cm³/mol. The summed E-state index contributed by atoms with van der Waals surface area (Å²) in [5.74, 6) is -2.70. The molecule has 1 heterocycles. The number of ether oxygens (including phenoxy) is 2. The first-order valence-electron chi connectivity index (χ1n) is 11.4. The Bertz CT molecular complexity index is 1240. The van der Waals surface area contributed by atoms with Gasteiger partial charge in [-0.15, -0.1) is 0 Å². The van der Waals surface area contributed by atoms with Crippen LogP contribution in [-0.2, 0) is 23.9 Å². The van der Waals surface area contributed by atoms with Gasteiger partial charge >= 0.3 is 11.9 Å². The van der Waals surface area contributed by atoms with Gasteiger partial charge in [0.05, 0.1) is 37.4 Å². The number of unbranched alkanes of at least 4 members (excludes halogenated alkanes) is 1. The molecule has 3 N–H and O–H groups in total.